The highest BCUT2D eigenvalue weighted by Gasteiger charge is 2.17. The van der Waals surface area contributed by atoms with E-state index in [-0.39, 0.29) is 16.9 Å². The highest BCUT2D eigenvalue weighted by Crippen LogP contribution is 2.31. The standard InChI is InChI=1S/C15H18F2N2O2/c16-15(17)13-10-12(19(20)21)6-7-14(13)18-9-8-11-4-2-1-3-5-11/h4,6-7,10,15,18H,1-3,5,8-9H2. The molecule has 4 nitrogen and oxygen atoms in total. The largest absolute Gasteiger partial charge is 0.384 e. The summed E-state index contributed by atoms with van der Waals surface area (Å²) < 4.78 is 26.0. The topological polar surface area (TPSA) is 55.2 Å². The van der Waals surface area contributed by atoms with E-state index in [2.05, 4.69) is 11.4 Å². The summed E-state index contributed by atoms with van der Waals surface area (Å²) in [6.45, 7) is 0.559. The zero-order valence-electron chi connectivity index (χ0n) is 11.6. The summed E-state index contributed by atoms with van der Waals surface area (Å²) in [5, 5.41) is 13.6. The van der Waals surface area contributed by atoms with Gasteiger partial charge in [0.15, 0.2) is 0 Å². The smallest absolute Gasteiger partial charge is 0.270 e. The van der Waals surface area contributed by atoms with Crippen molar-refractivity contribution in [3.8, 4) is 0 Å². The third-order valence-corrected chi connectivity index (χ3v) is 3.63. The first-order chi connectivity index (χ1) is 10.1. The van der Waals surface area contributed by atoms with Crippen molar-refractivity contribution in [2.45, 2.75) is 38.5 Å². The fraction of sp³-hybridized carbons (Fsp3) is 0.467. The number of alkyl halides is 2. The number of nitrogens with zero attached hydrogens (tertiary/aromatic N) is 1. The second-order valence-corrected chi connectivity index (χ2v) is 5.11. The molecule has 0 fully saturated rings. The highest BCUT2D eigenvalue weighted by molar-refractivity contribution is 5.56. The van der Waals surface area contributed by atoms with Gasteiger partial charge in [-0.05, 0) is 38.2 Å². The number of nitrogens with one attached hydrogen (secondary N) is 1. The number of rotatable bonds is 6. The van der Waals surface area contributed by atoms with Crippen molar-refractivity contribution in [1.29, 1.82) is 0 Å². The number of allylic oxidation sites excluding steroid dienone is 1. The van der Waals surface area contributed by atoms with Gasteiger partial charge < -0.3 is 5.32 Å². The zero-order chi connectivity index (χ0) is 15.2. The van der Waals surface area contributed by atoms with Crippen LogP contribution in [0.1, 0.15) is 44.1 Å². The quantitative estimate of drug-likeness (QED) is 0.464. The minimum absolute atomic E-state index is 0.270. The number of anilines is 1. The van der Waals surface area contributed by atoms with Gasteiger partial charge >= 0.3 is 0 Å². The van der Waals surface area contributed by atoms with E-state index >= 15 is 0 Å². The van der Waals surface area contributed by atoms with Gasteiger partial charge in [-0.3, -0.25) is 10.1 Å². The summed E-state index contributed by atoms with van der Waals surface area (Å²) in [6.07, 6.45) is 4.87. The first-order valence-electron chi connectivity index (χ1n) is 7.06. The first kappa shape index (κ1) is 15.4. The number of hydrogen-bond donors (Lipinski definition) is 1. The number of hydrogen-bond acceptors (Lipinski definition) is 3. The molecule has 21 heavy (non-hydrogen) atoms. The molecule has 114 valence electrons. The van der Waals surface area contributed by atoms with Crippen LogP contribution in [0.5, 0.6) is 0 Å². The normalized spacial score (nSPS) is 14.9. The fourth-order valence-electron chi connectivity index (χ4n) is 2.49. The van der Waals surface area contributed by atoms with E-state index in [1.54, 1.807) is 0 Å². The van der Waals surface area contributed by atoms with Crippen molar-refractivity contribution >= 4 is 11.4 Å². The van der Waals surface area contributed by atoms with Gasteiger partial charge in [-0.25, -0.2) is 8.78 Å². The van der Waals surface area contributed by atoms with E-state index in [4.69, 9.17) is 0 Å². The predicted octanol–water partition coefficient (Wildman–Crippen LogP) is 4.83. The lowest BCUT2D eigenvalue weighted by Gasteiger charge is -2.15. The van der Waals surface area contributed by atoms with Crippen molar-refractivity contribution in [2.75, 3.05) is 11.9 Å². The molecule has 0 bridgehead atoms. The van der Waals surface area contributed by atoms with E-state index in [1.807, 2.05) is 0 Å². The molecule has 1 N–H and O–H groups in total. The SMILES string of the molecule is O=[N+]([O-])c1ccc(NCCC2=CCCCC2)c(C(F)F)c1. The van der Waals surface area contributed by atoms with E-state index in [0.717, 1.165) is 25.3 Å². The molecule has 0 saturated heterocycles. The second-order valence-electron chi connectivity index (χ2n) is 5.11. The number of nitro groups is 1. The van der Waals surface area contributed by atoms with Crippen molar-refractivity contribution in [3.05, 3.63) is 45.5 Å². The molecule has 1 aromatic rings. The Kier molecular flexibility index (Phi) is 5.25. The fourth-order valence-corrected chi connectivity index (χ4v) is 2.49. The van der Waals surface area contributed by atoms with Gasteiger partial charge in [0, 0.05) is 29.9 Å². The Bertz CT molecular complexity index is 544. The lowest BCUT2D eigenvalue weighted by molar-refractivity contribution is -0.385. The van der Waals surface area contributed by atoms with Gasteiger partial charge in [0.2, 0.25) is 0 Å². The molecule has 1 aromatic carbocycles. The Labute approximate surface area is 122 Å². The molecule has 0 radical (unpaired) electrons. The monoisotopic (exact) mass is 296 g/mol. The molecule has 0 spiro atoms. The summed E-state index contributed by atoms with van der Waals surface area (Å²) >= 11 is 0. The van der Waals surface area contributed by atoms with Crippen LogP contribution < -0.4 is 5.32 Å². The van der Waals surface area contributed by atoms with Crippen LogP contribution in [0, 0.1) is 10.1 Å². The molecule has 0 aromatic heterocycles. The van der Waals surface area contributed by atoms with Crippen molar-refractivity contribution < 1.29 is 13.7 Å². The Hall–Kier alpha value is -1.98. The maximum atomic E-state index is 13.0. The van der Waals surface area contributed by atoms with E-state index < -0.39 is 11.3 Å². The Balaban J connectivity index is 2.01. The summed E-state index contributed by atoms with van der Waals surface area (Å²) in [4.78, 5) is 9.98. The van der Waals surface area contributed by atoms with Crippen LogP contribution in [0.3, 0.4) is 0 Å². The average Bonchev–Trinajstić information content (AvgIpc) is 2.48. The van der Waals surface area contributed by atoms with Crippen LogP contribution in [0.25, 0.3) is 0 Å². The predicted molar refractivity (Wildman–Crippen MR) is 77.7 cm³/mol. The van der Waals surface area contributed by atoms with Gasteiger partial charge in [0.25, 0.3) is 12.1 Å². The minimum atomic E-state index is -2.73. The summed E-state index contributed by atoms with van der Waals surface area (Å²) in [7, 11) is 0. The molecular weight excluding hydrogens is 278 g/mol. The maximum Gasteiger partial charge on any atom is 0.270 e. The van der Waals surface area contributed by atoms with Gasteiger partial charge in [-0.15, -0.1) is 0 Å². The third kappa shape index (κ3) is 4.24. The minimum Gasteiger partial charge on any atom is -0.384 e. The molecule has 0 heterocycles. The van der Waals surface area contributed by atoms with Gasteiger partial charge in [0.05, 0.1) is 4.92 Å². The Morgan fingerprint density at radius 1 is 1.33 bits per heavy atom. The number of benzene rings is 1. The van der Waals surface area contributed by atoms with Gasteiger partial charge in [-0.1, -0.05) is 11.6 Å². The van der Waals surface area contributed by atoms with Crippen LogP contribution in [0.15, 0.2) is 29.8 Å². The molecule has 0 atom stereocenters. The number of nitro benzene ring substituents is 1. The molecule has 0 amide bonds. The second kappa shape index (κ2) is 7.15. The molecule has 0 saturated carbocycles. The average molecular weight is 296 g/mol. The van der Waals surface area contributed by atoms with Crippen LogP contribution in [0.4, 0.5) is 20.2 Å². The molecular formula is C15H18F2N2O2. The molecule has 0 unspecified atom stereocenters. The lowest BCUT2D eigenvalue weighted by atomic mass is 9.97. The molecule has 2 rings (SSSR count). The summed E-state index contributed by atoms with van der Waals surface area (Å²) in [6, 6.07) is 3.54. The number of halogens is 2. The van der Waals surface area contributed by atoms with Crippen LogP contribution in [-0.4, -0.2) is 11.5 Å². The summed E-state index contributed by atoms with van der Waals surface area (Å²) in [5.41, 5.74) is 0.994. The van der Waals surface area contributed by atoms with Crippen molar-refractivity contribution in [2.24, 2.45) is 0 Å². The van der Waals surface area contributed by atoms with Crippen molar-refractivity contribution in [3.63, 3.8) is 0 Å². The molecule has 1 aliphatic carbocycles. The summed E-state index contributed by atoms with van der Waals surface area (Å²) in [5.74, 6) is 0. The molecule has 0 aliphatic heterocycles. The first-order valence-corrected chi connectivity index (χ1v) is 7.06. The number of non-ortho nitro benzene ring substituents is 1. The highest BCUT2D eigenvalue weighted by atomic mass is 19.3. The molecule has 1 aliphatic rings. The Morgan fingerprint density at radius 3 is 2.76 bits per heavy atom. The van der Waals surface area contributed by atoms with Crippen LogP contribution >= 0.6 is 0 Å². The van der Waals surface area contributed by atoms with Crippen LogP contribution in [-0.2, 0) is 0 Å². The van der Waals surface area contributed by atoms with Gasteiger partial charge in [-0.2, -0.15) is 0 Å². The zero-order valence-corrected chi connectivity index (χ0v) is 11.6. The third-order valence-electron chi connectivity index (χ3n) is 3.63. The Morgan fingerprint density at radius 2 is 2.14 bits per heavy atom. The van der Waals surface area contributed by atoms with E-state index in [9.17, 15) is 18.9 Å². The van der Waals surface area contributed by atoms with E-state index in [0.29, 0.717) is 6.54 Å². The lowest BCUT2D eigenvalue weighted by Crippen LogP contribution is -2.07. The van der Waals surface area contributed by atoms with Crippen molar-refractivity contribution in [1.82, 2.24) is 0 Å². The van der Waals surface area contributed by atoms with E-state index in [1.165, 1.54) is 30.5 Å². The van der Waals surface area contributed by atoms with Gasteiger partial charge in [0.1, 0.15) is 0 Å². The maximum absolute atomic E-state index is 13.0. The molecule has 6 heteroatoms. The van der Waals surface area contributed by atoms with Crippen LogP contribution in [0.2, 0.25) is 0 Å².